The fourth-order valence-electron chi connectivity index (χ4n) is 3.69. The zero-order chi connectivity index (χ0) is 22.6. The summed E-state index contributed by atoms with van der Waals surface area (Å²) in [4.78, 5) is 25.1. The van der Waals surface area contributed by atoms with Gasteiger partial charge in [-0.2, -0.15) is 0 Å². The predicted molar refractivity (Wildman–Crippen MR) is 121 cm³/mol. The monoisotopic (exact) mass is 440 g/mol. The van der Waals surface area contributed by atoms with E-state index < -0.39 is 5.97 Å². The first-order chi connectivity index (χ1) is 15.6. The van der Waals surface area contributed by atoms with Gasteiger partial charge in [-0.15, -0.1) is 0 Å². The first kappa shape index (κ1) is 23.8. The van der Waals surface area contributed by atoms with Gasteiger partial charge < -0.3 is 19.9 Å². The molecule has 1 fully saturated rings. The Morgan fingerprint density at radius 1 is 0.938 bits per heavy atom. The first-order valence-corrected chi connectivity index (χ1v) is 11.1. The molecular formula is C25H32N2O5. The highest BCUT2D eigenvalue weighted by molar-refractivity contribution is 5.76. The lowest BCUT2D eigenvalue weighted by molar-refractivity contribution is -0.155. The average Bonchev–Trinajstić information content (AvgIpc) is 2.82. The molecule has 32 heavy (non-hydrogen) atoms. The quantitative estimate of drug-likeness (QED) is 0.403. The average molecular weight is 441 g/mol. The molecule has 7 heteroatoms. The summed E-state index contributed by atoms with van der Waals surface area (Å²) in [5.74, 6) is 0.101. The Bertz CT molecular complexity index is 850. The number of carbonyl (C=O) groups is 2. The van der Waals surface area contributed by atoms with Crippen LogP contribution in [0, 0.1) is 5.92 Å². The van der Waals surface area contributed by atoms with E-state index >= 15 is 0 Å². The number of hydrogen-bond donors (Lipinski definition) is 1. The van der Waals surface area contributed by atoms with Gasteiger partial charge in [0.05, 0.1) is 6.61 Å². The molecule has 7 nitrogen and oxygen atoms in total. The van der Waals surface area contributed by atoms with Crippen molar-refractivity contribution in [3.05, 3.63) is 65.7 Å². The number of hydrogen-bond acceptors (Lipinski definition) is 6. The molecule has 0 spiro atoms. The van der Waals surface area contributed by atoms with Crippen LogP contribution in [0.3, 0.4) is 0 Å². The van der Waals surface area contributed by atoms with Crippen molar-refractivity contribution >= 4 is 11.9 Å². The SMILES string of the molecule is NC(=O)C1CCN(COC(=O)COCCOc2ccccc2CCc2ccccc2)CC1. The number of amides is 1. The summed E-state index contributed by atoms with van der Waals surface area (Å²) in [6, 6.07) is 18.3. The van der Waals surface area contributed by atoms with Gasteiger partial charge in [-0.25, -0.2) is 4.79 Å². The highest BCUT2D eigenvalue weighted by Crippen LogP contribution is 2.20. The standard InChI is InChI=1S/C25H32N2O5/c26-25(29)22-12-14-27(15-13-22)19-32-24(28)18-30-16-17-31-23-9-5-4-8-21(23)11-10-20-6-2-1-3-7-20/h1-9,22H,10-19H2,(H2,26,29). The molecule has 3 rings (SSSR count). The number of benzene rings is 2. The van der Waals surface area contributed by atoms with Crippen LogP contribution in [0.1, 0.15) is 24.0 Å². The fraction of sp³-hybridized carbons (Fsp3) is 0.440. The van der Waals surface area contributed by atoms with Gasteiger partial charge >= 0.3 is 5.97 Å². The molecule has 1 saturated heterocycles. The lowest BCUT2D eigenvalue weighted by Gasteiger charge is -2.29. The maximum absolute atomic E-state index is 11.9. The van der Waals surface area contributed by atoms with Crippen molar-refractivity contribution in [1.82, 2.24) is 4.90 Å². The molecule has 2 N–H and O–H groups in total. The molecule has 1 heterocycles. The Hall–Kier alpha value is -2.90. The van der Waals surface area contributed by atoms with Gasteiger partial charge in [0.15, 0.2) is 0 Å². The third-order valence-electron chi connectivity index (χ3n) is 5.60. The number of aryl methyl sites for hydroxylation is 2. The number of para-hydroxylation sites is 1. The molecule has 0 saturated carbocycles. The van der Waals surface area contributed by atoms with Gasteiger partial charge in [-0.3, -0.25) is 9.69 Å². The van der Waals surface area contributed by atoms with Crippen molar-refractivity contribution in [3.63, 3.8) is 0 Å². The molecule has 0 atom stereocenters. The van der Waals surface area contributed by atoms with Gasteiger partial charge in [0, 0.05) is 19.0 Å². The van der Waals surface area contributed by atoms with E-state index in [2.05, 4.69) is 18.2 Å². The van der Waals surface area contributed by atoms with Gasteiger partial charge in [0.2, 0.25) is 5.91 Å². The summed E-state index contributed by atoms with van der Waals surface area (Å²) in [6.45, 7) is 2.14. The molecule has 172 valence electrons. The summed E-state index contributed by atoms with van der Waals surface area (Å²) in [5, 5.41) is 0. The van der Waals surface area contributed by atoms with Crippen LogP contribution in [0.2, 0.25) is 0 Å². The molecule has 1 aliphatic rings. The van der Waals surface area contributed by atoms with E-state index in [0.717, 1.165) is 24.2 Å². The Morgan fingerprint density at radius 2 is 1.66 bits per heavy atom. The molecule has 1 amide bonds. The highest BCUT2D eigenvalue weighted by atomic mass is 16.6. The minimum Gasteiger partial charge on any atom is -0.491 e. The van der Waals surface area contributed by atoms with Crippen molar-refractivity contribution in [2.24, 2.45) is 11.7 Å². The van der Waals surface area contributed by atoms with Crippen molar-refractivity contribution in [1.29, 1.82) is 0 Å². The Morgan fingerprint density at radius 3 is 2.41 bits per heavy atom. The number of primary amides is 1. The van der Waals surface area contributed by atoms with Crippen LogP contribution in [0.15, 0.2) is 54.6 Å². The smallest absolute Gasteiger partial charge is 0.333 e. The van der Waals surface area contributed by atoms with E-state index in [1.165, 1.54) is 5.56 Å². The molecule has 0 radical (unpaired) electrons. The number of nitrogens with two attached hydrogens (primary N) is 1. The number of rotatable bonds is 12. The molecule has 0 bridgehead atoms. The maximum atomic E-state index is 11.9. The van der Waals surface area contributed by atoms with E-state index in [0.29, 0.717) is 39.1 Å². The zero-order valence-corrected chi connectivity index (χ0v) is 18.4. The molecule has 2 aromatic carbocycles. The number of nitrogens with zero attached hydrogens (tertiary/aromatic N) is 1. The van der Waals surface area contributed by atoms with Gasteiger partial charge in [-0.1, -0.05) is 48.5 Å². The third-order valence-corrected chi connectivity index (χ3v) is 5.60. The number of piperidine rings is 1. The zero-order valence-electron chi connectivity index (χ0n) is 18.4. The van der Waals surface area contributed by atoms with Gasteiger partial charge in [0.25, 0.3) is 0 Å². The Labute approximate surface area is 189 Å². The fourth-order valence-corrected chi connectivity index (χ4v) is 3.69. The summed E-state index contributed by atoms with van der Waals surface area (Å²) in [6.07, 6.45) is 3.24. The van der Waals surface area contributed by atoms with E-state index in [4.69, 9.17) is 19.9 Å². The minimum atomic E-state index is -0.412. The van der Waals surface area contributed by atoms with Crippen LogP contribution in [-0.4, -0.2) is 56.4 Å². The highest BCUT2D eigenvalue weighted by Gasteiger charge is 2.23. The second kappa shape index (κ2) is 12.8. The minimum absolute atomic E-state index is 0.0752. The summed E-state index contributed by atoms with van der Waals surface area (Å²) >= 11 is 0. The number of carbonyl (C=O) groups excluding carboxylic acids is 2. The van der Waals surface area contributed by atoms with E-state index in [1.807, 2.05) is 41.3 Å². The van der Waals surface area contributed by atoms with E-state index in [1.54, 1.807) is 0 Å². The Balaban J connectivity index is 1.29. The lowest BCUT2D eigenvalue weighted by atomic mass is 9.97. The van der Waals surface area contributed by atoms with Crippen LogP contribution >= 0.6 is 0 Å². The molecule has 0 aliphatic carbocycles. The molecule has 0 aromatic heterocycles. The predicted octanol–water partition coefficient (Wildman–Crippen LogP) is 2.57. The largest absolute Gasteiger partial charge is 0.491 e. The first-order valence-electron chi connectivity index (χ1n) is 11.1. The number of esters is 1. The summed E-state index contributed by atoms with van der Waals surface area (Å²) in [7, 11) is 0. The van der Waals surface area contributed by atoms with Crippen molar-refractivity contribution in [2.75, 3.05) is 39.6 Å². The van der Waals surface area contributed by atoms with Crippen molar-refractivity contribution < 1.29 is 23.8 Å². The number of likely N-dealkylation sites (tertiary alicyclic amines) is 1. The van der Waals surface area contributed by atoms with E-state index in [9.17, 15) is 9.59 Å². The van der Waals surface area contributed by atoms with Crippen LogP contribution in [-0.2, 0) is 31.9 Å². The van der Waals surface area contributed by atoms with Crippen LogP contribution in [0.25, 0.3) is 0 Å². The second-order valence-corrected chi connectivity index (χ2v) is 7.93. The molecule has 2 aromatic rings. The van der Waals surface area contributed by atoms with Crippen LogP contribution in [0.4, 0.5) is 0 Å². The molecular weight excluding hydrogens is 408 g/mol. The summed E-state index contributed by atoms with van der Waals surface area (Å²) in [5.41, 5.74) is 7.77. The summed E-state index contributed by atoms with van der Waals surface area (Å²) < 4.78 is 16.5. The number of ether oxygens (including phenoxy) is 3. The second-order valence-electron chi connectivity index (χ2n) is 7.93. The topological polar surface area (TPSA) is 91.1 Å². The van der Waals surface area contributed by atoms with Crippen molar-refractivity contribution in [3.8, 4) is 5.75 Å². The van der Waals surface area contributed by atoms with Gasteiger partial charge in [-0.05, 0) is 42.9 Å². The maximum Gasteiger partial charge on any atom is 0.333 e. The van der Waals surface area contributed by atoms with Gasteiger partial charge in [0.1, 0.15) is 25.7 Å². The van der Waals surface area contributed by atoms with Crippen LogP contribution in [0.5, 0.6) is 5.75 Å². The van der Waals surface area contributed by atoms with E-state index in [-0.39, 0.29) is 25.2 Å². The molecule has 0 unspecified atom stereocenters. The van der Waals surface area contributed by atoms with Crippen molar-refractivity contribution in [2.45, 2.75) is 25.7 Å². The third kappa shape index (κ3) is 7.98. The lowest BCUT2D eigenvalue weighted by Crippen LogP contribution is -2.40. The Kier molecular flexibility index (Phi) is 9.53. The molecule has 1 aliphatic heterocycles. The van der Waals surface area contributed by atoms with Crippen LogP contribution < -0.4 is 10.5 Å². The normalized spacial score (nSPS) is 14.8.